The lowest BCUT2D eigenvalue weighted by Gasteiger charge is -2.26. The van der Waals surface area contributed by atoms with Gasteiger partial charge in [-0.1, -0.05) is 115 Å². The molecule has 0 spiro atoms. The number of furan rings is 1. The van der Waals surface area contributed by atoms with Crippen molar-refractivity contribution in [3.63, 3.8) is 0 Å². The van der Waals surface area contributed by atoms with E-state index in [0.717, 1.165) is 33.4 Å². The van der Waals surface area contributed by atoms with Crippen molar-refractivity contribution in [2.24, 2.45) is 0 Å². The fraction of sp³-hybridized carbons (Fsp3) is 0. The van der Waals surface area contributed by atoms with Gasteiger partial charge in [0.2, 0.25) is 5.71 Å². The number of aromatic nitrogens is 1. The average Bonchev–Trinajstić information content (AvgIpc) is 3.56. The predicted octanol–water partition coefficient (Wildman–Crippen LogP) is 13.2. The van der Waals surface area contributed by atoms with Crippen LogP contribution in [0.3, 0.4) is 0 Å². The maximum absolute atomic E-state index is 6.09. The van der Waals surface area contributed by atoms with Crippen molar-refractivity contribution in [2.45, 2.75) is 0 Å². The summed E-state index contributed by atoms with van der Waals surface area (Å²) < 4.78 is 6.09. The average molecular weight is 639 g/mol. The number of hydrogen-bond donors (Lipinski definition) is 0. The quantitative estimate of drug-likeness (QED) is 0.176. The van der Waals surface area contributed by atoms with Crippen molar-refractivity contribution >= 4 is 71.4 Å². The van der Waals surface area contributed by atoms with Crippen LogP contribution in [0.5, 0.6) is 0 Å². The van der Waals surface area contributed by atoms with E-state index >= 15 is 0 Å². The van der Waals surface area contributed by atoms with E-state index in [1.54, 1.807) is 6.20 Å². The normalized spacial score (nSPS) is 11.6. The highest BCUT2D eigenvalue weighted by Crippen LogP contribution is 2.42. The highest BCUT2D eigenvalue weighted by molar-refractivity contribution is 6.23. The molecule has 3 nitrogen and oxygen atoms in total. The van der Waals surface area contributed by atoms with Crippen molar-refractivity contribution in [1.29, 1.82) is 0 Å². The third-order valence-electron chi connectivity index (χ3n) is 9.91. The third-order valence-corrected chi connectivity index (χ3v) is 9.91. The van der Waals surface area contributed by atoms with Crippen LogP contribution in [0.15, 0.2) is 187 Å². The van der Waals surface area contributed by atoms with Gasteiger partial charge in [-0.25, -0.2) is 4.98 Å². The monoisotopic (exact) mass is 638 g/mol. The number of nitrogens with zero attached hydrogens (tertiary/aromatic N) is 2. The van der Waals surface area contributed by atoms with E-state index in [1.165, 1.54) is 54.6 Å². The summed E-state index contributed by atoms with van der Waals surface area (Å²) >= 11 is 0. The Labute approximate surface area is 289 Å². The smallest absolute Gasteiger partial charge is 0.227 e. The van der Waals surface area contributed by atoms with Crippen molar-refractivity contribution in [3.05, 3.63) is 182 Å². The molecular formula is C47H30N2O. The first-order valence-corrected chi connectivity index (χ1v) is 17.0. The summed E-state index contributed by atoms with van der Waals surface area (Å²) in [7, 11) is 0. The molecule has 0 amide bonds. The first-order valence-electron chi connectivity index (χ1n) is 17.0. The highest BCUT2D eigenvalue weighted by Gasteiger charge is 2.17. The van der Waals surface area contributed by atoms with E-state index < -0.39 is 0 Å². The second-order valence-electron chi connectivity index (χ2n) is 12.8. The van der Waals surface area contributed by atoms with E-state index in [4.69, 9.17) is 4.42 Å². The summed E-state index contributed by atoms with van der Waals surface area (Å²) in [6.07, 6.45) is 1.77. The van der Waals surface area contributed by atoms with Gasteiger partial charge in [0.25, 0.3) is 0 Å². The number of anilines is 3. The second kappa shape index (κ2) is 11.5. The van der Waals surface area contributed by atoms with Gasteiger partial charge in [-0.05, 0) is 115 Å². The van der Waals surface area contributed by atoms with Crippen LogP contribution in [-0.2, 0) is 0 Å². The Morgan fingerprint density at radius 3 is 1.82 bits per heavy atom. The maximum Gasteiger partial charge on any atom is 0.227 e. The van der Waals surface area contributed by atoms with Gasteiger partial charge in [0.1, 0.15) is 5.58 Å². The molecule has 0 aliphatic heterocycles. The molecule has 2 aromatic heterocycles. The van der Waals surface area contributed by atoms with Crippen LogP contribution in [0.4, 0.5) is 17.1 Å². The second-order valence-corrected chi connectivity index (χ2v) is 12.8. The Morgan fingerprint density at radius 1 is 0.400 bits per heavy atom. The van der Waals surface area contributed by atoms with Gasteiger partial charge < -0.3 is 9.32 Å². The Balaban J connectivity index is 1.12. The van der Waals surface area contributed by atoms with Crippen LogP contribution >= 0.6 is 0 Å². The fourth-order valence-electron chi connectivity index (χ4n) is 7.53. The van der Waals surface area contributed by atoms with Crippen molar-refractivity contribution in [1.82, 2.24) is 4.98 Å². The molecule has 234 valence electrons. The number of hydrogen-bond acceptors (Lipinski definition) is 3. The summed E-state index contributed by atoms with van der Waals surface area (Å²) in [5.41, 5.74) is 9.47. The van der Waals surface area contributed by atoms with Crippen molar-refractivity contribution < 1.29 is 4.42 Å². The molecule has 0 fully saturated rings. The fourth-order valence-corrected chi connectivity index (χ4v) is 7.53. The summed E-state index contributed by atoms with van der Waals surface area (Å²) in [6, 6.07) is 63.0. The molecule has 2 heterocycles. The largest absolute Gasteiger partial charge is 0.438 e. The van der Waals surface area contributed by atoms with Crippen LogP contribution in [0, 0.1) is 0 Å². The molecule has 50 heavy (non-hydrogen) atoms. The minimum absolute atomic E-state index is 0.651. The first kappa shape index (κ1) is 28.3. The first-order chi connectivity index (χ1) is 24.8. The van der Waals surface area contributed by atoms with Crippen molar-refractivity contribution in [3.8, 4) is 22.3 Å². The lowest BCUT2D eigenvalue weighted by atomic mass is 9.90. The van der Waals surface area contributed by atoms with Gasteiger partial charge in [0.15, 0.2) is 0 Å². The molecule has 8 aromatic carbocycles. The highest BCUT2D eigenvalue weighted by atomic mass is 16.3. The number of benzene rings is 8. The van der Waals surface area contributed by atoms with Gasteiger partial charge >= 0.3 is 0 Å². The van der Waals surface area contributed by atoms with Crippen molar-refractivity contribution in [2.75, 3.05) is 4.90 Å². The Bertz CT molecular complexity index is 2850. The van der Waals surface area contributed by atoms with Gasteiger partial charge in [-0.3, -0.25) is 0 Å². The number of rotatable bonds is 5. The molecule has 0 bridgehead atoms. The third kappa shape index (κ3) is 4.63. The molecule has 0 saturated heterocycles. The lowest BCUT2D eigenvalue weighted by Crippen LogP contribution is -2.09. The van der Waals surface area contributed by atoms with E-state index in [0.29, 0.717) is 5.71 Å². The summed E-state index contributed by atoms with van der Waals surface area (Å²) in [4.78, 5) is 6.78. The molecule has 0 aliphatic carbocycles. The van der Waals surface area contributed by atoms with E-state index in [9.17, 15) is 0 Å². The summed E-state index contributed by atoms with van der Waals surface area (Å²) in [5, 5.41) is 9.68. The Morgan fingerprint density at radius 2 is 1.02 bits per heavy atom. The van der Waals surface area contributed by atoms with Crippen LogP contribution in [0.1, 0.15) is 0 Å². The summed E-state index contributed by atoms with van der Waals surface area (Å²) in [6.45, 7) is 0. The molecule has 0 radical (unpaired) electrons. The Hall–Kier alpha value is -6.71. The standard InChI is InChI=1S/C47H30N2O/c1-2-9-31(10-3-1)32-18-22-36(23-19-32)49(38-26-27-45-44(30-38)42-15-8-28-48-47(42)50-45)37-24-20-34(21-25-37)43-29-35-17-16-33-11-4-5-12-39(33)46(35)41-14-7-6-13-40(41)43/h1-30H. The molecule has 0 unspecified atom stereocenters. The molecular weight excluding hydrogens is 609 g/mol. The van der Waals surface area contributed by atoms with E-state index in [1.807, 2.05) is 6.07 Å². The summed E-state index contributed by atoms with van der Waals surface area (Å²) in [5.74, 6) is 0. The van der Waals surface area contributed by atoms with E-state index in [-0.39, 0.29) is 0 Å². The maximum atomic E-state index is 6.09. The molecule has 0 N–H and O–H groups in total. The van der Waals surface area contributed by atoms with Crippen LogP contribution in [0.2, 0.25) is 0 Å². The number of fused-ring (bicyclic) bond motifs is 8. The van der Waals surface area contributed by atoms with E-state index in [2.05, 4.69) is 180 Å². The molecule has 0 aliphatic rings. The zero-order valence-corrected chi connectivity index (χ0v) is 27.1. The van der Waals surface area contributed by atoms with Crippen LogP contribution in [0.25, 0.3) is 76.6 Å². The lowest BCUT2D eigenvalue weighted by molar-refractivity contribution is 0.654. The minimum atomic E-state index is 0.651. The molecule has 0 atom stereocenters. The van der Waals surface area contributed by atoms with Gasteiger partial charge in [-0.2, -0.15) is 0 Å². The number of pyridine rings is 1. The van der Waals surface area contributed by atoms with Crippen LogP contribution < -0.4 is 4.90 Å². The minimum Gasteiger partial charge on any atom is -0.438 e. The van der Waals surface area contributed by atoms with Crippen LogP contribution in [-0.4, -0.2) is 4.98 Å². The Kier molecular flexibility index (Phi) is 6.49. The van der Waals surface area contributed by atoms with Gasteiger partial charge in [-0.15, -0.1) is 0 Å². The SMILES string of the molecule is c1ccc(-c2ccc(N(c3ccc(-c4cc5ccc6ccccc6c5c5ccccc45)cc3)c3ccc4oc5ncccc5c4c3)cc2)cc1. The molecule has 3 heteroatoms. The predicted molar refractivity (Wildman–Crippen MR) is 210 cm³/mol. The zero-order chi connectivity index (χ0) is 33.0. The zero-order valence-electron chi connectivity index (χ0n) is 27.1. The van der Waals surface area contributed by atoms with Gasteiger partial charge in [0.05, 0.1) is 0 Å². The molecule has 0 saturated carbocycles. The molecule has 10 rings (SSSR count). The van der Waals surface area contributed by atoms with Gasteiger partial charge in [0, 0.05) is 34.0 Å². The molecule has 10 aromatic rings. The topological polar surface area (TPSA) is 29.3 Å².